The monoisotopic (exact) mass is 348 g/mol. The van der Waals surface area contributed by atoms with E-state index in [9.17, 15) is 0 Å². The molecule has 0 aliphatic carbocycles. The lowest BCUT2D eigenvalue weighted by molar-refractivity contribution is 0.152. The number of nitrogens with zero attached hydrogens (tertiary/aromatic N) is 2. The number of ether oxygens (including phenoxy) is 2. The number of hydrogen-bond acceptors (Lipinski definition) is 4. The lowest BCUT2D eigenvalue weighted by Crippen LogP contribution is -2.43. The molecule has 1 atom stereocenters. The molecule has 140 valence electrons. The minimum Gasteiger partial charge on any atom is -0.497 e. The maximum atomic E-state index is 5.36. The maximum absolute atomic E-state index is 5.36. The summed E-state index contributed by atoms with van der Waals surface area (Å²) in [5, 5.41) is 6.76. The summed E-state index contributed by atoms with van der Waals surface area (Å²) in [4.78, 5) is 6.85. The standard InChI is InChI=1S/C19H32N4O2/c1-4-25-14-11-21-19(20-2)22-15-18(23-12-5-6-13-23)16-7-9-17(24-3)10-8-16/h7-10,18H,4-6,11-15H2,1-3H3,(H2,20,21,22). The van der Waals surface area contributed by atoms with Crippen molar-refractivity contribution in [2.75, 3.05) is 53.6 Å². The summed E-state index contributed by atoms with van der Waals surface area (Å²) in [6.45, 7) is 7.30. The van der Waals surface area contributed by atoms with Crippen LogP contribution in [-0.4, -0.2) is 64.4 Å². The van der Waals surface area contributed by atoms with Gasteiger partial charge in [0.05, 0.1) is 19.8 Å². The van der Waals surface area contributed by atoms with E-state index < -0.39 is 0 Å². The van der Waals surface area contributed by atoms with E-state index >= 15 is 0 Å². The first-order valence-electron chi connectivity index (χ1n) is 9.18. The van der Waals surface area contributed by atoms with Gasteiger partial charge in [0.15, 0.2) is 5.96 Å². The molecule has 1 saturated heterocycles. The van der Waals surface area contributed by atoms with Gasteiger partial charge in [-0.3, -0.25) is 9.89 Å². The molecule has 0 saturated carbocycles. The molecule has 1 aliphatic rings. The summed E-state index contributed by atoms with van der Waals surface area (Å²) in [5.41, 5.74) is 1.31. The fraction of sp³-hybridized carbons (Fsp3) is 0.632. The third-order valence-corrected chi connectivity index (χ3v) is 4.51. The predicted molar refractivity (Wildman–Crippen MR) is 102 cm³/mol. The Morgan fingerprint density at radius 2 is 1.92 bits per heavy atom. The fourth-order valence-corrected chi connectivity index (χ4v) is 3.14. The van der Waals surface area contributed by atoms with E-state index in [0.717, 1.165) is 44.5 Å². The summed E-state index contributed by atoms with van der Waals surface area (Å²) >= 11 is 0. The van der Waals surface area contributed by atoms with E-state index in [1.54, 1.807) is 14.2 Å². The van der Waals surface area contributed by atoms with E-state index in [0.29, 0.717) is 12.6 Å². The van der Waals surface area contributed by atoms with Gasteiger partial charge in [-0.15, -0.1) is 0 Å². The van der Waals surface area contributed by atoms with E-state index in [-0.39, 0.29) is 0 Å². The largest absolute Gasteiger partial charge is 0.497 e. The summed E-state index contributed by atoms with van der Waals surface area (Å²) in [7, 11) is 3.50. The van der Waals surface area contributed by atoms with E-state index in [1.807, 2.05) is 19.1 Å². The lowest BCUT2D eigenvalue weighted by atomic mass is 10.1. The number of methoxy groups -OCH3 is 1. The van der Waals surface area contributed by atoms with Crippen LogP contribution in [0.1, 0.15) is 31.4 Å². The molecule has 0 radical (unpaired) electrons. The highest BCUT2D eigenvalue weighted by Gasteiger charge is 2.23. The molecule has 25 heavy (non-hydrogen) atoms. The van der Waals surface area contributed by atoms with Gasteiger partial charge in [0.2, 0.25) is 0 Å². The third kappa shape index (κ3) is 6.21. The number of benzene rings is 1. The highest BCUT2D eigenvalue weighted by Crippen LogP contribution is 2.26. The van der Waals surface area contributed by atoms with Crippen LogP contribution in [0.5, 0.6) is 5.75 Å². The van der Waals surface area contributed by atoms with E-state index in [2.05, 4.69) is 32.7 Å². The first-order chi connectivity index (χ1) is 12.3. The third-order valence-electron chi connectivity index (χ3n) is 4.51. The zero-order valence-corrected chi connectivity index (χ0v) is 15.8. The van der Waals surface area contributed by atoms with Crippen LogP contribution in [0.4, 0.5) is 0 Å². The van der Waals surface area contributed by atoms with Gasteiger partial charge in [-0.1, -0.05) is 12.1 Å². The van der Waals surface area contributed by atoms with Crippen molar-refractivity contribution in [2.24, 2.45) is 4.99 Å². The van der Waals surface area contributed by atoms with E-state index in [4.69, 9.17) is 9.47 Å². The number of guanidine groups is 1. The van der Waals surface area contributed by atoms with Crippen molar-refractivity contribution < 1.29 is 9.47 Å². The average Bonchev–Trinajstić information content (AvgIpc) is 3.18. The second kappa shape index (κ2) is 10.9. The first kappa shape index (κ1) is 19.5. The van der Waals surface area contributed by atoms with Gasteiger partial charge in [-0.2, -0.15) is 0 Å². The molecule has 1 aromatic carbocycles. The smallest absolute Gasteiger partial charge is 0.191 e. The molecule has 1 fully saturated rings. The Kier molecular flexibility index (Phi) is 8.55. The fourth-order valence-electron chi connectivity index (χ4n) is 3.14. The van der Waals surface area contributed by atoms with Crippen LogP contribution in [0, 0.1) is 0 Å². The van der Waals surface area contributed by atoms with Gasteiger partial charge in [0, 0.05) is 26.7 Å². The van der Waals surface area contributed by atoms with Crippen LogP contribution in [-0.2, 0) is 4.74 Å². The first-order valence-corrected chi connectivity index (χ1v) is 9.18. The van der Waals surface area contributed by atoms with Crippen LogP contribution in [0.3, 0.4) is 0 Å². The highest BCUT2D eigenvalue weighted by molar-refractivity contribution is 5.79. The molecule has 1 aliphatic heterocycles. The van der Waals surface area contributed by atoms with Crippen LogP contribution in [0.25, 0.3) is 0 Å². The maximum Gasteiger partial charge on any atom is 0.191 e. The van der Waals surface area contributed by atoms with Crippen LogP contribution in [0.15, 0.2) is 29.3 Å². The Bertz CT molecular complexity index is 513. The number of rotatable bonds is 9. The van der Waals surface area contributed by atoms with Gasteiger partial charge in [0.1, 0.15) is 5.75 Å². The van der Waals surface area contributed by atoms with Gasteiger partial charge in [-0.05, 0) is 50.6 Å². The number of nitrogens with one attached hydrogen (secondary N) is 2. The predicted octanol–water partition coefficient (Wildman–Crippen LogP) is 2.03. The minimum atomic E-state index is 0.332. The zero-order chi connectivity index (χ0) is 17.9. The van der Waals surface area contributed by atoms with E-state index in [1.165, 1.54) is 18.4 Å². The molecular formula is C19H32N4O2. The number of hydrogen-bond donors (Lipinski definition) is 2. The quantitative estimate of drug-likeness (QED) is 0.406. The summed E-state index contributed by atoms with van der Waals surface area (Å²) in [5.74, 6) is 1.71. The Balaban J connectivity index is 1.95. The van der Waals surface area contributed by atoms with Crippen molar-refractivity contribution in [3.8, 4) is 5.75 Å². The molecule has 1 heterocycles. The molecule has 0 amide bonds. The van der Waals surface area contributed by atoms with Crippen LogP contribution >= 0.6 is 0 Å². The molecule has 6 heteroatoms. The Morgan fingerprint density at radius 1 is 1.20 bits per heavy atom. The number of likely N-dealkylation sites (tertiary alicyclic amines) is 1. The molecule has 0 spiro atoms. The Morgan fingerprint density at radius 3 is 2.52 bits per heavy atom. The van der Waals surface area contributed by atoms with Crippen molar-refractivity contribution in [2.45, 2.75) is 25.8 Å². The molecular weight excluding hydrogens is 316 g/mol. The lowest BCUT2D eigenvalue weighted by Gasteiger charge is -2.29. The molecule has 6 nitrogen and oxygen atoms in total. The normalized spacial score (nSPS) is 16.7. The van der Waals surface area contributed by atoms with Gasteiger partial charge in [0.25, 0.3) is 0 Å². The van der Waals surface area contributed by atoms with Crippen LogP contribution < -0.4 is 15.4 Å². The highest BCUT2D eigenvalue weighted by atomic mass is 16.5. The molecule has 2 rings (SSSR count). The molecule has 2 N–H and O–H groups in total. The molecule has 0 bridgehead atoms. The summed E-state index contributed by atoms with van der Waals surface area (Å²) in [6, 6.07) is 8.73. The van der Waals surface area contributed by atoms with Crippen molar-refractivity contribution in [1.29, 1.82) is 0 Å². The number of aliphatic imine (C=N–C) groups is 1. The second-order valence-corrected chi connectivity index (χ2v) is 6.11. The van der Waals surface area contributed by atoms with Gasteiger partial charge >= 0.3 is 0 Å². The van der Waals surface area contributed by atoms with Crippen LogP contribution in [0.2, 0.25) is 0 Å². The van der Waals surface area contributed by atoms with Crippen molar-refractivity contribution in [3.63, 3.8) is 0 Å². The molecule has 1 aromatic rings. The average molecular weight is 348 g/mol. The second-order valence-electron chi connectivity index (χ2n) is 6.11. The SMILES string of the molecule is CCOCCNC(=NC)NCC(c1ccc(OC)cc1)N1CCCC1. The minimum absolute atomic E-state index is 0.332. The van der Waals surface area contributed by atoms with Crippen molar-refractivity contribution in [1.82, 2.24) is 15.5 Å². The summed E-state index contributed by atoms with van der Waals surface area (Å²) < 4.78 is 10.6. The summed E-state index contributed by atoms with van der Waals surface area (Å²) in [6.07, 6.45) is 2.54. The topological polar surface area (TPSA) is 58.1 Å². The van der Waals surface area contributed by atoms with Gasteiger partial charge in [-0.25, -0.2) is 0 Å². The van der Waals surface area contributed by atoms with Gasteiger partial charge < -0.3 is 20.1 Å². The molecule has 0 aromatic heterocycles. The Labute approximate surface area is 151 Å². The molecule has 1 unspecified atom stereocenters. The zero-order valence-electron chi connectivity index (χ0n) is 15.8. The Hall–Kier alpha value is -1.79. The van der Waals surface area contributed by atoms with Crippen molar-refractivity contribution >= 4 is 5.96 Å². The van der Waals surface area contributed by atoms with Crippen molar-refractivity contribution in [3.05, 3.63) is 29.8 Å².